The Hall–Kier alpha value is -3.77. The van der Waals surface area contributed by atoms with Gasteiger partial charge in [0.2, 0.25) is 5.91 Å². The summed E-state index contributed by atoms with van der Waals surface area (Å²) in [6.45, 7) is 1.26. The van der Waals surface area contributed by atoms with E-state index < -0.39 is 0 Å². The number of nitriles is 1. The summed E-state index contributed by atoms with van der Waals surface area (Å²) in [4.78, 5) is 20.0. The Morgan fingerprint density at radius 1 is 1.25 bits per heavy atom. The van der Waals surface area contributed by atoms with Crippen molar-refractivity contribution >= 4 is 23.1 Å². The summed E-state index contributed by atoms with van der Waals surface area (Å²) >= 11 is 0. The molecule has 0 radical (unpaired) electrons. The lowest BCUT2D eigenvalue weighted by Crippen LogP contribution is -2.09. The highest BCUT2D eigenvalue weighted by Crippen LogP contribution is 2.22. The number of methoxy groups -OCH3 is 1. The van der Waals surface area contributed by atoms with Crippen LogP contribution in [0.15, 0.2) is 49.1 Å². The van der Waals surface area contributed by atoms with Crippen LogP contribution in [0.1, 0.15) is 6.42 Å². The van der Waals surface area contributed by atoms with E-state index in [1.807, 2.05) is 30.5 Å². The van der Waals surface area contributed by atoms with Crippen LogP contribution in [-0.2, 0) is 16.1 Å². The highest BCUT2D eigenvalue weighted by molar-refractivity contribution is 5.92. The molecular formula is C19H19N7O2. The number of ether oxygens (including phenoxy) is 1. The zero-order valence-electron chi connectivity index (χ0n) is 15.3. The van der Waals surface area contributed by atoms with Gasteiger partial charge in [0.1, 0.15) is 18.6 Å². The van der Waals surface area contributed by atoms with Crippen molar-refractivity contribution in [3.8, 4) is 17.3 Å². The second-order valence-corrected chi connectivity index (χ2v) is 5.86. The monoisotopic (exact) mass is 377 g/mol. The predicted octanol–water partition coefficient (Wildman–Crippen LogP) is 2.58. The van der Waals surface area contributed by atoms with Crippen LogP contribution in [0.4, 0.5) is 17.2 Å². The van der Waals surface area contributed by atoms with Gasteiger partial charge in [-0.25, -0.2) is 9.97 Å². The molecule has 9 nitrogen and oxygen atoms in total. The maximum absolute atomic E-state index is 11.5. The van der Waals surface area contributed by atoms with E-state index in [0.29, 0.717) is 24.7 Å². The summed E-state index contributed by atoms with van der Waals surface area (Å²) in [6, 6.07) is 10.9. The van der Waals surface area contributed by atoms with Gasteiger partial charge >= 0.3 is 0 Å². The van der Waals surface area contributed by atoms with Crippen molar-refractivity contribution < 1.29 is 9.53 Å². The third-order valence-electron chi connectivity index (χ3n) is 3.80. The van der Waals surface area contributed by atoms with Crippen LogP contribution in [0.3, 0.4) is 0 Å². The zero-order chi connectivity index (χ0) is 19.8. The largest absolute Gasteiger partial charge is 0.383 e. The fraction of sp³-hybridized carbons (Fsp3) is 0.211. The molecule has 0 saturated heterocycles. The van der Waals surface area contributed by atoms with Crippen LogP contribution in [-0.4, -0.2) is 39.4 Å². The molecule has 28 heavy (non-hydrogen) atoms. The number of aromatic nitrogens is 4. The maximum atomic E-state index is 11.5. The zero-order valence-corrected chi connectivity index (χ0v) is 15.3. The first-order valence-corrected chi connectivity index (χ1v) is 8.55. The van der Waals surface area contributed by atoms with Crippen LogP contribution in [0.2, 0.25) is 0 Å². The van der Waals surface area contributed by atoms with Gasteiger partial charge in [-0.15, -0.1) is 0 Å². The molecule has 0 saturated carbocycles. The molecule has 1 amide bonds. The number of amides is 1. The molecule has 3 rings (SSSR count). The number of carbonyl (C=O) groups excluding carboxylic acids is 1. The van der Waals surface area contributed by atoms with Crippen molar-refractivity contribution in [2.75, 3.05) is 24.4 Å². The number of rotatable bonds is 8. The van der Waals surface area contributed by atoms with E-state index in [4.69, 9.17) is 10.00 Å². The molecule has 0 fully saturated rings. The number of benzene rings is 1. The maximum Gasteiger partial charge on any atom is 0.238 e. The number of hydrogen-bond donors (Lipinski definition) is 2. The van der Waals surface area contributed by atoms with Crippen LogP contribution >= 0.6 is 0 Å². The molecule has 0 aliphatic heterocycles. The molecule has 9 heteroatoms. The molecule has 0 unspecified atom stereocenters. The van der Waals surface area contributed by atoms with Gasteiger partial charge in [0.25, 0.3) is 0 Å². The fourth-order valence-corrected chi connectivity index (χ4v) is 2.47. The summed E-state index contributed by atoms with van der Waals surface area (Å²) in [5.41, 5.74) is 3.05. The van der Waals surface area contributed by atoms with Gasteiger partial charge in [0.15, 0.2) is 0 Å². The Balaban J connectivity index is 1.68. The molecule has 2 aromatic heterocycles. The molecule has 2 N–H and O–H groups in total. The highest BCUT2D eigenvalue weighted by Gasteiger charge is 2.06. The van der Waals surface area contributed by atoms with Gasteiger partial charge in [0.05, 0.1) is 36.8 Å². The molecule has 3 aromatic rings. The number of anilines is 3. The lowest BCUT2D eigenvalue weighted by Gasteiger charge is -2.07. The third kappa shape index (κ3) is 5.12. The van der Waals surface area contributed by atoms with E-state index in [1.165, 1.54) is 6.33 Å². The third-order valence-corrected chi connectivity index (χ3v) is 3.80. The van der Waals surface area contributed by atoms with E-state index in [1.54, 1.807) is 30.1 Å². The summed E-state index contributed by atoms with van der Waals surface area (Å²) in [6.07, 6.45) is 4.90. The molecule has 0 bridgehead atoms. The van der Waals surface area contributed by atoms with Crippen molar-refractivity contribution in [1.82, 2.24) is 19.7 Å². The minimum absolute atomic E-state index is 0.176. The number of hydrogen-bond acceptors (Lipinski definition) is 7. The van der Waals surface area contributed by atoms with Crippen molar-refractivity contribution in [1.29, 1.82) is 5.26 Å². The Kier molecular flexibility index (Phi) is 6.28. The molecule has 0 aliphatic carbocycles. The van der Waals surface area contributed by atoms with Gasteiger partial charge in [-0.2, -0.15) is 10.4 Å². The lowest BCUT2D eigenvalue weighted by atomic mass is 10.1. The number of nitrogens with zero attached hydrogens (tertiary/aromatic N) is 5. The van der Waals surface area contributed by atoms with E-state index in [-0.39, 0.29) is 12.3 Å². The van der Waals surface area contributed by atoms with Crippen LogP contribution in [0.25, 0.3) is 11.3 Å². The minimum Gasteiger partial charge on any atom is -0.383 e. The average molecular weight is 377 g/mol. The normalized spacial score (nSPS) is 10.3. The van der Waals surface area contributed by atoms with Crippen molar-refractivity contribution in [3.05, 3.63) is 49.1 Å². The molecule has 0 aliphatic rings. The number of nitrogens with one attached hydrogen (secondary N) is 2. The number of carbonyl (C=O) groups is 1. The van der Waals surface area contributed by atoms with Gasteiger partial charge in [-0.3, -0.25) is 9.48 Å². The summed E-state index contributed by atoms with van der Waals surface area (Å²) in [5.74, 6) is 0.303. The van der Waals surface area contributed by atoms with E-state index in [0.717, 1.165) is 16.9 Å². The average Bonchev–Trinajstić information content (AvgIpc) is 3.14. The lowest BCUT2D eigenvalue weighted by molar-refractivity contribution is -0.115. The Morgan fingerprint density at radius 3 is 2.82 bits per heavy atom. The SMILES string of the molecule is COCCn1cc(Nc2cc(-c3ccc(NC(=O)CC#N)cc3)ncn2)cn1. The molecule has 0 atom stereocenters. The van der Waals surface area contributed by atoms with Gasteiger partial charge in [-0.05, 0) is 12.1 Å². The van der Waals surface area contributed by atoms with Gasteiger partial charge in [-0.1, -0.05) is 12.1 Å². The standard InChI is InChI=1S/C19H19N7O2/c1-28-9-8-26-12-16(11-23-26)24-18-10-17(21-13-22-18)14-2-4-15(5-3-14)25-19(27)6-7-20/h2-5,10-13H,6,8-9H2,1H3,(H,25,27)(H,21,22,24). The second kappa shape index (κ2) is 9.25. The Bertz CT molecular complexity index is 976. The first-order chi connectivity index (χ1) is 13.7. The first kappa shape index (κ1) is 19.0. The summed E-state index contributed by atoms with van der Waals surface area (Å²) < 4.78 is 6.83. The molecule has 142 valence electrons. The first-order valence-electron chi connectivity index (χ1n) is 8.55. The van der Waals surface area contributed by atoms with Gasteiger partial charge in [0, 0.05) is 30.6 Å². The van der Waals surface area contributed by atoms with Crippen molar-refractivity contribution in [3.63, 3.8) is 0 Å². The van der Waals surface area contributed by atoms with E-state index in [9.17, 15) is 4.79 Å². The molecule has 2 heterocycles. The summed E-state index contributed by atoms with van der Waals surface area (Å²) in [5, 5.41) is 18.6. The topological polar surface area (TPSA) is 118 Å². The predicted molar refractivity (Wildman–Crippen MR) is 104 cm³/mol. The Morgan fingerprint density at radius 2 is 2.07 bits per heavy atom. The molecule has 0 spiro atoms. The fourth-order valence-electron chi connectivity index (χ4n) is 2.47. The highest BCUT2D eigenvalue weighted by atomic mass is 16.5. The molecular weight excluding hydrogens is 358 g/mol. The van der Waals surface area contributed by atoms with Crippen LogP contribution in [0, 0.1) is 11.3 Å². The van der Waals surface area contributed by atoms with Crippen LogP contribution < -0.4 is 10.6 Å². The van der Waals surface area contributed by atoms with E-state index >= 15 is 0 Å². The quantitative estimate of drug-likeness (QED) is 0.619. The summed E-state index contributed by atoms with van der Waals surface area (Å²) in [7, 11) is 1.65. The van der Waals surface area contributed by atoms with E-state index in [2.05, 4.69) is 25.7 Å². The molecule has 1 aromatic carbocycles. The Labute approximate surface area is 162 Å². The minimum atomic E-state index is -0.338. The second-order valence-electron chi connectivity index (χ2n) is 5.86. The van der Waals surface area contributed by atoms with Crippen molar-refractivity contribution in [2.24, 2.45) is 0 Å². The smallest absolute Gasteiger partial charge is 0.238 e. The van der Waals surface area contributed by atoms with Crippen LogP contribution in [0.5, 0.6) is 0 Å². The van der Waals surface area contributed by atoms with Gasteiger partial charge < -0.3 is 15.4 Å². The van der Waals surface area contributed by atoms with Crippen molar-refractivity contribution in [2.45, 2.75) is 13.0 Å².